The number of benzene rings is 1. The minimum Gasteiger partial charge on any atom is -0.335 e. The third-order valence-electron chi connectivity index (χ3n) is 2.95. The Hall–Kier alpha value is -0.640. The monoisotopic (exact) mass is 306 g/mol. The lowest BCUT2D eigenvalue weighted by Gasteiger charge is -2.14. The molecule has 2 amide bonds. The first-order valence-corrected chi connectivity index (χ1v) is 6.91. The molecule has 6 heteroatoms. The zero-order valence-electron chi connectivity index (χ0n) is 9.60. The number of nitrogens with one attached hydrogen (secondary N) is 2. The molecule has 1 fully saturated rings. The highest BCUT2D eigenvalue weighted by atomic mass is 35.5. The molecule has 0 radical (unpaired) electrons. The highest BCUT2D eigenvalue weighted by molar-refractivity contribution is 6.44. The maximum atomic E-state index is 11.8. The Kier molecular flexibility index (Phi) is 4.60. The van der Waals surface area contributed by atoms with Crippen molar-refractivity contribution >= 4 is 46.5 Å². The van der Waals surface area contributed by atoms with Crippen molar-refractivity contribution in [1.29, 1.82) is 0 Å². The van der Waals surface area contributed by atoms with Gasteiger partial charge in [-0.15, -0.1) is 0 Å². The Labute approximate surface area is 121 Å². The molecular formula is C12H13Cl3N2O. The number of hydrogen-bond acceptors (Lipinski definition) is 1. The van der Waals surface area contributed by atoms with Gasteiger partial charge in [-0.2, -0.15) is 0 Å². The van der Waals surface area contributed by atoms with E-state index in [1.165, 1.54) is 18.9 Å². The lowest BCUT2D eigenvalue weighted by atomic mass is 10.2. The van der Waals surface area contributed by atoms with Gasteiger partial charge in [0.25, 0.3) is 0 Å². The van der Waals surface area contributed by atoms with Gasteiger partial charge in [-0.1, -0.05) is 47.6 Å². The van der Waals surface area contributed by atoms with Crippen LogP contribution in [0, 0.1) is 0 Å². The molecule has 0 aliphatic heterocycles. The van der Waals surface area contributed by atoms with Crippen LogP contribution in [0.25, 0.3) is 0 Å². The minimum atomic E-state index is -0.262. The fourth-order valence-corrected chi connectivity index (χ4v) is 2.63. The zero-order valence-corrected chi connectivity index (χ0v) is 11.9. The number of hydrogen-bond donors (Lipinski definition) is 2. The highest BCUT2D eigenvalue weighted by Crippen LogP contribution is 2.32. The van der Waals surface area contributed by atoms with Crippen molar-refractivity contribution in [1.82, 2.24) is 5.32 Å². The van der Waals surface area contributed by atoms with Crippen molar-refractivity contribution in [3.05, 3.63) is 27.2 Å². The summed E-state index contributed by atoms with van der Waals surface area (Å²) in [6.45, 7) is 0. The third kappa shape index (κ3) is 3.44. The molecule has 2 rings (SSSR count). The van der Waals surface area contributed by atoms with E-state index in [1.54, 1.807) is 6.07 Å². The number of rotatable bonds is 2. The van der Waals surface area contributed by atoms with Crippen molar-refractivity contribution < 1.29 is 4.79 Å². The van der Waals surface area contributed by atoms with Gasteiger partial charge in [0, 0.05) is 6.04 Å². The topological polar surface area (TPSA) is 41.1 Å². The van der Waals surface area contributed by atoms with E-state index in [0.29, 0.717) is 20.8 Å². The van der Waals surface area contributed by atoms with E-state index in [9.17, 15) is 4.79 Å². The Morgan fingerprint density at radius 2 is 1.67 bits per heavy atom. The molecular weight excluding hydrogens is 295 g/mol. The van der Waals surface area contributed by atoms with Crippen molar-refractivity contribution in [2.75, 3.05) is 5.32 Å². The normalized spacial score (nSPS) is 15.7. The molecule has 1 aliphatic rings. The van der Waals surface area contributed by atoms with Crippen LogP contribution in [0.3, 0.4) is 0 Å². The lowest BCUT2D eigenvalue weighted by molar-refractivity contribution is 0.248. The molecule has 18 heavy (non-hydrogen) atoms. The minimum absolute atomic E-state index is 0.256. The predicted molar refractivity (Wildman–Crippen MR) is 75.9 cm³/mol. The molecule has 3 nitrogen and oxygen atoms in total. The van der Waals surface area contributed by atoms with E-state index < -0.39 is 0 Å². The van der Waals surface area contributed by atoms with Gasteiger partial charge in [0.2, 0.25) is 0 Å². The maximum Gasteiger partial charge on any atom is 0.319 e. The molecule has 0 spiro atoms. The van der Waals surface area contributed by atoms with Crippen LogP contribution in [-0.4, -0.2) is 12.1 Å². The molecule has 1 saturated carbocycles. The summed E-state index contributed by atoms with van der Waals surface area (Å²) >= 11 is 17.7. The lowest BCUT2D eigenvalue weighted by Crippen LogP contribution is -2.36. The molecule has 2 N–H and O–H groups in total. The Morgan fingerprint density at radius 3 is 2.33 bits per heavy atom. The van der Waals surface area contributed by atoms with Crippen LogP contribution in [-0.2, 0) is 0 Å². The van der Waals surface area contributed by atoms with Gasteiger partial charge >= 0.3 is 6.03 Å². The number of carbonyl (C=O) groups is 1. The van der Waals surface area contributed by atoms with Crippen LogP contribution in [0.4, 0.5) is 10.5 Å². The molecule has 1 aliphatic carbocycles. The summed E-state index contributed by atoms with van der Waals surface area (Å²) in [5, 5.41) is 6.67. The number of halogens is 3. The van der Waals surface area contributed by atoms with Gasteiger partial charge in [-0.3, -0.25) is 0 Å². The van der Waals surface area contributed by atoms with E-state index in [0.717, 1.165) is 12.8 Å². The fraction of sp³-hybridized carbons (Fsp3) is 0.417. The quantitative estimate of drug-likeness (QED) is 0.763. The average Bonchev–Trinajstić information content (AvgIpc) is 2.78. The van der Waals surface area contributed by atoms with Crippen LogP contribution in [0.5, 0.6) is 0 Å². The average molecular weight is 308 g/mol. The molecule has 0 unspecified atom stereocenters. The van der Waals surface area contributed by atoms with Crippen LogP contribution in [0.1, 0.15) is 25.7 Å². The van der Waals surface area contributed by atoms with Gasteiger partial charge < -0.3 is 10.6 Å². The summed E-state index contributed by atoms with van der Waals surface area (Å²) in [5.74, 6) is 0. The predicted octanol–water partition coefficient (Wildman–Crippen LogP) is 4.71. The number of urea groups is 1. The second-order valence-electron chi connectivity index (χ2n) is 4.33. The summed E-state index contributed by atoms with van der Waals surface area (Å²) < 4.78 is 0. The molecule has 1 aromatic rings. The molecule has 0 atom stereocenters. The molecule has 0 bridgehead atoms. The summed E-state index contributed by atoms with van der Waals surface area (Å²) in [4.78, 5) is 11.8. The van der Waals surface area contributed by atoms with E-state index >= 15 is 0 Å². The molecule has 1 aromatic carbocycles. The Balaban J connectivity index is 2.00. The van der Waals surface area contributed by atoms with E-state index in [2.05, 4.69) is 10.6 Å². The number of amides is 2. The first-order valence-electron chi connectivity index (χ1n) is 5.78. The van der Waals surface area contributed by atoms with Crippen molar-refractivity contribution in [3.8, 4) is 0 Å². The van der Waals surface area contributed by atoms with Crippen molar-refractivity contribution in [2.45, 2.75) is 31.7 Å². The maximum absolute atomic E-state index is 11.8. The van der Waals surface area contributed by atoms with Crippen molar-refractivity contribution in [2.24, 2.45) is 0 Å². The standard InChI is InChI=1S/C12H13Cl3N2O/c13-8-5-10(15)11(6-9(8)14)17-12(18)16-7-3-1-2-4-7/h5-7H,1-4H2,(H2,16,17,18). The Bertz CT molecular complexity index is 459. The van der Waals surface area contributed by atoms with E-state index in [4.69, 9.17) is 34.8 Å². The number of anilines is 1. The van der Waals surface area contributed by atoms with Crippen LogP contribution >= 0.6 is 34.8 Å². The summed E-state index contributed by atoms with van der Waals surface area (Å²) in [6, 6.07) is 3.05. The first kappa shape index (κ1) is 13.8. The second-order valence-corrected chi connectivity index (χ2v) is 5.55. The summed E-state index contributed by atoms with van der Waals surface area (Å²) in [5.41, 5.74) is 0.460. The van der Waals surface area contributed by atoms with E-state index in [-0.39, 0.29) is 12.1 Å². The summed E-state index contributed by atoms with van der Waals surface area (Å²) in [6.07, 6.45) is 4.39. The van der Waals surface area contributed by atoms with Crippen molar-refractivity contribution in [3.63, 3.8) is 0 Å². The van der Waals surface area contributed by atoms with E-state index in [1.807, 2.05) is 0 Å². The van der Waals surface area contributed by atoms with Crippen LogP contribution in [0.15, 0.2) is 12.1 Å². The SMILES string of the molecule is O=C(Nc1cc(Cl)c(Cl)cc1Cl)NC1CCCC1. The highest BCUT2D eigenvalue weighted by Gasteiger charge is 2.17. The Morgan fingerprint density at radius 1 is 1.06 bits per heavy atom. The molecule has 0 aromatic heterocycles. The fourth-order valence-electron chi connectivity index (χ4n) is 2.03. The van der Waals surface area contributed by atoms with Gasteiger partial charge in [-0.25, -0.2) is 4.79 Å². The van der Waals surface area contributed by atoms with Gasteiger partial charge in [0.1, 0.15) is 0 Å². The largest absolute Gasteiger partial charge is 0.335 e. The first-order chi connectivity index (χ1) is 8.56. The second kappa shape index (κ2) is 6.00. The van der Waals surface area contributed by atoms with Crippen LogP contribution in [0.2, 0.25) is 15.1 Å². The van der Waals surface area contributed by atoms with Gasteiger partial charge in [0.15, 0.2) is 0 Å². The number of carbonyl (C=O) groups excluding carboxylic acids is 1. The van der Waals surface area contributed by atoms with Gasteiger partial charge in [0.05, 0.1) is 20.8 Å². The smallest absolute Gasteiger partial charge is 0.319 e. The van der Waals surface area contributed by atoms with Crippen LogP contribution < -0.4 is 10.6 Å². The van der Waals surface area contributed by atoms with Gasteiger partial charge in [-0.05, 0) is 25.0 Å². The summed E-state index contributed by atoms with van der Waals surface area (Å²) in [7, 11) is 0. The molecule has 0 heterocycles. The third-order valence-corrected chi connectivity index (χ3v) is 3.98. The zero-order chi connectivity index (χ0) is 13.1. The molecule has 98 valence electrons. The molecule has 0 saturated heterocycles.